The molecular weight excluding hydrogens is 292 g/mol. The van der Waals surface area contributed by atoms with Crippen LogP contribution in [0, 0.1) is 0 Å². The first kappa shape index (κ1) is 15.4. The van der Waals surface area contributed by atoms with Crippen LogP contribution in [0.1, 0.15) is 39.4 Å². The van der Waals surface area contributed by atoms with Crippen molar-refractivity contribution in [3.05, 3.63) is 16.5 Å². The maximum absolute atomic E-state index is 4.50. The van der Waals surface area contributed by atoms with Gasteiger partial charge in [0, 0.05) is 31.1 Å². The summed E-state index contributed by atoms with van der Waals surface area (Å²) < 4.78 is 0.834. The van der Waals surface area contributed by atoms with Crippen molar-refractivity contribution < 1.29 is 0 Å². The molecule has 0 aliphatic heterocycles. The number of nitrogens with one attached hydrogen (secondary N) is 1. The second kappa shape index (κ2) is 7.04. The van der Waals surface area contributed by atoms with E-state index in [1.807, 2.05) is 6.07 Å². The smallest absolute Gasteiger partial charge is 0.134 e. The summed E-state index contributed by atoms with van der Waals surface area (Å²) in [6.07, 6.45) is 0. The van der Waals surface area contributed by atoms with Gasteiger partial charge in [0.1, 0.15) is 16.2 Å². The standard InChI is InChI=1S/C13H23BrN4/c1-9(2)13-16-11(14)8-12(17-13)15-6-7-18(5)10(3)4/h8-10H,6-7H2,1-5H3,(H,15,16,17). The Bertz CT molecular complexity index is 379. The van der Waals surface area contributed by atoms with Crippen LogP contribution in [-0.2, 0) is 0 Å². The van der Waals surface area contributed by atoms with E-state index in [0.717, 1.165) is 29.3 Å². The molecule has 0 radical (unpaired) electrons. The topological polar surface area (TPSA) is 41.1 Å². The highest BCUT2D eigenvalue weighted by molar-refractivity contribution is 9.10. The Kier molecular flexibility index (Phi) is 6.02. The Balaban J connectivity index is 2.57. The molecule has 0 aromatic carbocycles. The lowest BCUT2D eigenvalue weighted by molar-refractivity contribution is 0.284. The Morgan fingerprint density at radius 3 is 2.50 bits per heavy atom. The van der Waals surface area contributed by atoms with Crippen LogP contribution in [-0.4, -0.2) is 41.0 Å². The minimum atomic E-state index is 0.335. The van der Waals surface area contributed by atoms with Gasteiger partial charge in [-0.25, -0.2) is 9.97 Å². The number of likely N-dealkylation sites (N-methyl/N-ethyl adjacent to an activating group) is 1. The van der Waals surface area contributed by atoms with Crippen molar-refractivity contribution >= 4 is 21.7 Å². The van der Waals surface area contributed by atoms with Gasteiger partial charge in [-0.1, -0.05) is 13.8 Å². The van der Waals surface area contributed by atoms with Crippen LogP contribution in [0.5, 0.6) is 0 Å². The third kappa shape index (κ3) is 4.90. The van der Waals surface area contributed by atoms with E-state index in [-0.39, 0.29) is 0 Å². The lowest BCUT2D eigenvalue weighted by atomic mass is 10.2. The first-order valence-corrected chi connectivity index (χ1v) is 7.18. The molecule has 4 nitrogen and oxygen atoms in total. The molecule has 0 unspecified atom stereocenters. The summed E-state index contributed by atoms with van der Waals surface area (Å²) in [5.41, 5.74) is 0. The Morgan fingerprint density at radius 2 is 1.94 bits per heavy atom. The van der Waals surface area contributed by atoms with Gasteiger partial charge in [0.15, 0.2) is 0 Å². The molecule has 1 heterocycles. The van der Waals surface area contributed by atoms with Crippen molar-refractivity contribution in [3.63, 3.8) is 0 Å². The summed E-state index contributed by atoms with van der Waals surface area (Å²) >= 11 is 3.42. The van der Waals surface area contributed by atoms with Crippen LogP contribution in [0.4, 0.5) is 5.82 Å². The molecule has 0 atom stereocenters. The number of nitrogens with zero attached hydrogens (tertiary/aromatic N) is 3. The fraction of sp³-hybridized carbons (Fsp3) is 0.692. The van der Waals surface area contributed by atoms with Crippen LogP contribution < -0.4 is 5.32 Å². The molecule has 18 heavy (non-hydrogen) atoms. The number of aromatic nitrogens is 2. The summed E-state index contributed by atoms with van der Waals surface area (Å²) in [5, 5.41) is 3.34. The average Bonchev–Trinajstić information content (AvgIpc) is 2.27. The van der Waals surface area contributed by atoms with Gasteiger partial charge in [-0.05, 0) is 36.8 Å². The molecule has 0 aliphatic carbocycles. The van der Waals surface area contributed by atoms with Crippen LogP contribution in [0.25, 0.3) is 0 Å². The maximum atomic E-state index is 4.50. The Labute approximate surface area is 118 Å². The van der Waals surface area contributed by atoms with Crippen molar-refractivity contribution in [1.82, 2.24) is 14.9 Å². The van der Waals surface area contributed by atoms with E-state index in [2.05, 4.69) is 70.9 Å². The van der Waals surface area contributed by atoms with Gasteiger partial charge in [0.2, 0.25) is 0 Å². The average molecular weight is 315 g/mol. The molecule has 0 saturated heterocycles. The molecule has 0 spiro atoms. The number of rotatable bonds is 6. The molecule has 1 aromatic rings. The summed E-state index contributed by atoms with van der Waals surface area (Å²) in [6.45, 7) is 10.5. The Hall–Kier alpha value is -0.680. The van der Waals surface area contributed by atoms with E-state index < -0.39 is 0 Å². The van der Waals surface area contributed by atoms with Gasteiger partial charge in [-0.2, -0.15) is 0 Å². The van der Waals surface area contributed by atoms with Gasteiger partial charge >= 0.3 is 0 Å². The Morgan fingerprint density at radius 1 is 1.28 bits per heavy atom. The fourth-order valence-electron chi connectivity index (χ4n) is 1.40. The van der Waals surface area contributed by atoms with Crippen LogP contribution in [0.3, 0.4) is 0 Å². The highest BCUT2D eigenvalue weighted by atomic mass is 79.9. The van der Waals surface area contributed by atoms with Gasteiger partial charge < -0.3 is 10.2 Å². The second-order valence-electron chi connectivity index (χ2n) is 5.09. The van der Waals surface area contributed by atoms with Crippen molar-refractivity contribution in [1.29, 1.82) is 0 Å². The van der Waals surface area contributed by atoms with Crippen LogP contribution in [0.2, 0.25) is 0 Å². The molecule has 102 valence electrons. The van der Waals surface area contributed by atoms with E-state index >= 15 is 0 Å². The van der Waals surface area contributed by atoms with E-state index in [4.69, 9.17) is 0 Å². The number of halogens is 1. The summed E-state index contributed by atoms with van der Waals surface area (Å²) in [4.78, 5) is 11.2. The van der Waals surface area contributed by atoms with Crippen molar-refractivity contribution in [2.75, 3.05) is 25.5 Å². The van der Waals surface area contributed by atoms with E-state index in [9.17, 15) is 0 Å². The maximum Gasteiger partial charge on any atom is 0.134 e. The van der Waals surface area contributed by atoms with Gasteiger partial charge in [-0.15, -0.1) is 0 Å². The SMILES string of the molecule is CC(C)c1nc(Br)cc(NCCN(C)C(C)C)n1. The monoisotopic (exact) mass is 314 g/mol. The number of hydrogen-bond donors (Lipinski definition) is 1. The zero-order valence-corrected chi connectivity index (χ0v) is 13.5. The minimum absolute atomic E-state index is 0.335. The molecule has 0 bridgehead atoms. The molecule has 5 heteroatoms. The number of anilines is 1. The molecule has 1 rings (SSSR count). The summed E-state index contributed by atoms with van der Waals surface area (Å²) in [5.74, 6) is 2.09. The predicted molar refractivity (Wildman–Crippen MR) is 80.1 cm³/mol. The van der Waals surface area contributed by atoms with Gasteiger partial charge in [-0.3, -0.25) is 0 Å². The molecular formula is C13H23BrN4. The predicted octanol–water partition coefficient (Wildman–Crippen LogP) is 3.11. The number of hydrogen-bond acceptors (Lipinski definition) is 4. The van der Waals surface area contributed by atoms with Gasteiger partial charge in [0.05, 0.1) is 0 Å². The van der Waals surface area contributed by atoms with Gasteiger partial charge in [0.25, 0.3) is 0 Å². The molecule has 0 fully saturated rings. The zero-order valence-electron chi connectivity index (χ0n) is 11.9. The molecule has 1 aromatic heterocycles. The van der Waals surface area contributed by atoms with Crippen molar-refractivity contribution in [2.24, 2.45) is 0 Å². The van der Waals surface area contributed by atoms with Crippen molar-refractivity contribution in [3.8, 4) is 0 Å². The van der Waals surface area contributed by atoms with E-state index in [1.54, 1.807) is 0 Å². The molecule has 0 aliphatic rings. The largest absolute Gasteiger partial charge is 0.369 e. The third-order valence-electron chi connectivity index (χ3n) is 2.88. The first-order valence-electron chi connectivity index (χ1n) is 6.38. The lowest BCUT2D eigenvalue weighted by Crippen LogP contribution is -2.31. The molecule has 0 saturated carbocycles. The highest BCUT2D eigenvalue weighted by Gasteiger charge is 2.07. The van der Waals surface area contributed by atoms with E-state index in [1.165, 1.54) is 0 Å². The van der Waals surface area contributed by atoms with Crippen molar-refractivity contribution in [2.45, 2.75) is 39.7 Å². The third-order valence-corrected chi connectivity index (χ3v) is 3.29. The molecule has 1 N–H and O–H groups in total. The first-order chi connectivity index (χ1) is 8.40. The normalized spacial score (nSPS) is 11.6. The second-order valence-corrected chi connectivity index (χ2v) is 5.90. The van der Waals surface area contributed by atoms with E-state index in [0.29, 0.717) is 12.0 Å². The fourth-order valence-corrected chi connectivity index (χ4v) is 1.80. The summed E-state index contributed by atoms with van der Waals surface area (Å²) in [7, 11) is 2.13. The zero-order chi connectivity index (χ0) is 13.7. The van der Waals surface area contributed by atoms with Crippen LogP contribution >= 0.6 is 15.9 Å². The highest BCUT2D eigenvalue weighted by Crippen LogP contribution is 2.17. The minimum Gasteiger partial charge on any atom is -0.369 e. The quantitative estimate of drug-likeness (QED) is 0.819. The summed E-state index contributed by atoms with van der Waals surface area (Å²) in [6, 6.07) is 2.48. The molecule has 0 amide bonds. The lowest BCUT2D eigenvalue weighted by Gasteiger charge is -2.21. The van der Waals surface area contributed by atoms with Crippen LogP contribution in [0.15, 0.2) is 10.7 Å².